The highest BCUT2D eigenvalue weighted by molar-refractivity contribution is 7.15. The number of aryl methyl sites for hydroxylation is 1. The number of hydrogen-bond acceptors (Lipinski definition) is 3. The molecule has 2 aromatic heterocycles. The molecule has 3 heteroatoms. The van der Waals surface area contributed by atoms with E-state index in [-0.39, 0.29) is 0 Å². The standard InChI is InChI=1S/C12H10N2S.C2H6/c1-2-10-6-7-12(15-10)11-5-3-4-9(8-13)14-11;1-2/h3-7H,2H2,1H3;1-2H3. The number of pyridine rings is 1. The van der Waals surface area contributed by atoms with Gasteiger partial charge in [0.15, 0.2) is 0 Å². The molecule has 0 aliphatic carbocycles. The third-order valence-electron chi connectivity index (χ3n) is 2.13. The van der Waals surface area contributed by atoms with Crippen molar-refractivity contribution in [2.24, 2.45) is 0 Å². The van der Waals surface area contributed by atoms with Crippen LogP contribution in [0.15, 0.2) is 30.3 Å². The average molecular weight is 244 g/mol. The molecule has 0 bridgehead atoms. The first kappa shape index (κ1) is 13.4. The summed E-state index contributed by atoms with van der Waals surface area (Å²) in [5.74, 6) is 0. The van der Waals surface area contributed by atoms with E-state index in [1.807, 2.05) is 26.0 Å². The van der Waals surface area contributed by atoms with Gasteiger partial charge >= 0.3 is 0 Å². The minimum absolute atomic E-state index is 0.471. The number of rotatable bonds is 2. The molecule has 0 spiro atoms. The largest absolute Gasteiger partial charge is 0.236 e. The molecular weight excluding hydrogens is 228 g/mol. The lowest BCUT2D eigenvalue weighted by molar-refractivity contribution is 1.19. The monoisotopic (exact) mass is 244 g/mol. The number of nitrogens with zero attached hydrogens (tertiary/aromatic N) is 2. The second-order valence-corrected chi connectivity index (χ2v) is 4.31. The summed E-state index contributed by atoms with van der Waals surface area (Å²) < 4.78 is 0. The lowest BCUT2D eigenvalue weighted by Crippen LogP contribution is -1.84. The van der Waals surface area contributed by atoms with Crippen LogP contribution in [0.4, 0.5) is 0 Å². The molecule has 0 aliphatic heterocycles. The molecule has 0 aromatic carbocycles. The number of aromatic nitrogens is 1. The average Bonchev–Trinajstić information content (AvgIpc) is 2.90. The Morgan fingerprint density at radius 2 is 2.00 bits per heavy atom. The Morgan fingerprint density at radius 1 is 1.24 bits per heavy atom. The maximum atomic E-state index is 8.75. The lowest BCUT2D eigenvalue weighted by Gasteiger charge is -1.95. The van der Waals surface area contributed by atoms with Crippen LogP contribution in [0.3, 0.4) is 0 Å². The van der Waals surface area contributed by atoms with Crippen molar-refractivity contribution in [3.8, 4) is 16.6 Å². The second kappa shape index (κ2) is 6.82. The van der Waals surface area contributed by atoms with Gasteiger partial charge in [-0.05, 0) is 30.7 Å². The zero-order valence-electron chi connectivity index (χ0n) is 10.4. The summed E-state index contributed by atoms with van der Waals surface area (Å²) in [7, 11) is 0. The fraction of sp³-hybridized carbons (Fsp3) is 0.286. The third-order valence-corrected chi connectivity index (χ3v) is 3.38. The SMILES string of the molecule is CC.CCc1ccc(-c2cccc(C#N)n2)s1. The van der Waals surface area contributed by atoms with Crippen LogP contribution >= 0.6 is 11.3 Å². The van der Waals surface area contributed by atoms with Crippen molar-refractivity contribution in [3.05, 3.63) is 40.9 Å². The van der Waals surface area contributed by atoms with Crippen molar-refractivity contribution in [2.45, 2.75) is 27.2 Å². The van der Waals surface area contributed by atoms with Gasteiger partial charge in [-0.15, -0.1) is 11.3 Å². The molecule has 0 radical (unpaired) electrons. The van der Waals surface area contributed by atoms with Gasteiger partial charge in [-0.3, -0.25) is 0 Å². The summed E-state index contributed by atoms with van der Waals surface area (Å²) in [5, 5.41) is 8.75. The number of nitriles is 1. The summed E-state index contributed by atoms with van der Waals surface area (Å²) in [5.41, 5.74) is 1.36. The first-order valence-corrected chi connectivity index (χ1v) is 6.61. The van der Waals surface area contributed by atoms with E-state index < -0.39 is 0 Å². The Morgan fingerprint density at radius 3 is 2.59 bits per heavy atom. The van der Waals surface area contributed by atoms with Gasteiger partial charge < -0.3 is 0 Å². The molecule has 0 saturated carbocycles. The Labute approximate surface area is 107 Å². The van der Waals surface area contributed by atoms with Gasteiger partial charge in [-0.25, -0.2) is 4.98 Å². The highest BCUT2D eigenvalue weighted by Crippen LogP contribution is 2.26. The van der Waals surface area contributed by atoms with Crippen LogP contribution in [-0.4, -0.2) is 4.98 Å². The van der Waals surface area contributed by atoms with E-state index in [9.17, 15) is 0 Å². The van der Waals surface area contributed by atoms with Crippen LogP contribution in [0.25, 0.3) is 10.6 Å². The van der Waals surface area contributed by atoms with Crippen LogP contribution in [0, 0.1) is 11.3 Å². The van der Waals surface area contributed by atoms with E-state index in [4.69, 9.17) is 5.26 Å². The van der Waals surface area contributed by atoms with Crippen molar-refractivity contribution < 1.29 is 0 Å². The quantitative estimate of drug-likeness (QED) is 0.791. The van der Waals surface area contributed by atoms with Crippen molar-refractivity contribution >= 4 is 11.3 Å². The van der Waals surface area contributed by atoms with E-state index in [0.717, 1.165) is 17.0 Å². The molecule has 0 unspecified atom stereocenters. The van der Waals surface area contributed by atoms with Crippen molar-refractivity contribution in [1.82, 2.24) is 4.98 Å². The van der Waals surface area contributed by atoms with Gasteiger partial charge in [0.25, 0.3) is 0 Å². The Hall–Kier alpha value is -1.66. The van der Waals surface area contributed by atoms with Gasteiger partial charge in [0.05, 0.1) is 10.6 Å². The minimum Gasteiger partial charge on any atom is -0.236 e. The summed E-state index contributed by atoms with van der Waals surface area (Å²) in [6.07, 6.45) is 1.04. The summed E-state index contributed by atoms with van der Waals surface area (Å²) >= 11 is 1.73. The number of thiophene rings is 1. The van der Waals surface area contributed by atoms with Gasteiger partial charge in [0.2, 0.25) is 0 Å². The molecule has 0 aliphatic rings. The molecule has 0 atom stereocenters. The highest BCUT2D eigenvalue weighted by Gasteiger charge is 2.03. The highest BCUT2D eigenvalue weighted by atomic mass is 32.1. The first-order valence-electron chi connectivity index (χ1n) is 5.79. The molecule has 0 amide bonds. The molecule has 0 saturated heterocycles. The predicted molar refractivity (Wildman–Crippen MR) is 73.0 cm³/mol. The summed E-state index contributed by atoms with van der Waals surface area (Å²) in [6.45, 7) is 6.13. The van der Waals surface area contributed by atoms with Crippen molar-refractivity contribution in [2.75, 3.05) is 0 Å². The summed E-state index contributed by atoms with van der Waals surface area (Å²) in [4.78, 5) is 6.73. The van der Waals surface area contributed by atoms with E-state index in [1.165, 1.54) is 4.88 Å². The smallest absolute Gasteiger partial charge is 0.141 e. The van der Waals surface area contributed by atoms with Crippen molar-refractivity contribution in [3.63, 3.8) is 0 Å². The zero-order valence-corrected chi connectivity index (χ0v) is 11.2. The molecule has 0 fully saturated rings. The lowest BCUT2D eigenvalue weighted by atomic mass is 10.2. The first-order chi connectivity index (χ1) is 8.33. The molecule has 2 aromatic rings. The normalized spacial score (nSPS) is 9.06. The second-order valence-electron chi connectivity index (χ2n) is 3.14. The van der Waals surface area contributed by atoms with Crippen LogP contribution in [0.5, 0.6) is 0 Å². The Bertz CT molecular complexity index is 509. The van der Waals surface area contributed by atoms with Crippen LogP contribution < -0.4 is 0 Å². The minimum atomic E-state index is 0.471. The van der Waals surface area contributed by atoms with E-state index in [0.29, 0.717) is 5.69 Å². The molecule has 0 N–H and O–H groups in total. The predicted octanol–water partition coefficient (Wildman–Crippen LogP) is 4.27. The van der Waals surface area contributed by atoms with Crippen molar-refractivity contribution in [1.29, 1.82) is 5.26 Å². The van der Waals surface area contributed by atoms with E-state index in [2.05, 4.69) is 30.1 Å². The zero-order chi connectivity index (χ0) is 12.7. The molecular formula is C14H16N2S. The molecule has 88 valence electrons. The summed E-state index contributed by atoms with van der Waals surface area (Å²) in [6, 6.07) is 11.7. The molecule has 2 rings (SSSR count). The maximum Gasteiger partial charge on any atom is 0.141 e. The molecule has 17 heavy (non-hydrogen) atoms. The van der Waals surface area contributed by atoms with Gasteiger partial charge in [-0.2, -0.15) is 5.26 Å². The maximum absolute atomic E-state index is 8.75. The van der Waals surface area contributed by atoms with E-state index in [1.54, 1.807) is 17.4 Å². The third kappa shape index (κ3) is 3.40. The number of hydrogen-bond donors (Lipinski definition) is 0. The van der Waals surface area contributed by atoms with Crippen LogP contribution in [0.1, 0.15) is 31.3 Å². The topological polar surface area (TPSA) is 36.7 Å². The van der Waals surface area contributed by atoms with Gasteiger partial charge in [0, 0.05) is 4.88 Å². The van der Waals surface area contributed by atoms with Gasteiger partial charge in [-0.1, -0.05) is 26.8 Å². The van der Waals surface area contributed by atoms with Crippen LogP contribution in [0.2, 0.25) is 0 Å². The van der Waals surface area contributed by atoms with Crippen LogP contribution in [-0.2, 0) is 6.42 Å². The fourth-order valence-electron chi connectivity index (χ4n) is 1.34. The van der Waals surface area contributed by atoms with E-state index >= 15 is 0 Å². The van der Waals surface area contributed by atoms with Gasteiger partial charge in [0.1, 0.15) is 11.8 Å². The Balaban J connectivity index is 0.000000686. The molecule has 2 heterocycles. The Kier molecular flexibility index (Phi) is 5.38. The molecule has 2 nitrogen and oxygen atoms in total. The fourth-order valence-corrected chi connectivity index (χ4v) is 2.26.